The fourth-order valence-corrected chi connectivity index (χ4v) is 2.91. The Balaban J connectivity index is 1.92. The first-order chi connectivity index (χ1) is 10.2. The van der Waals surface area contributed by atoms with Gasteiger partial charge >= 0.3 is 0 Å². The number of benzene rings is 2. The summed E-state index contributed by atoms with van der Waals surface area (Å²) >= 11 is 12.3. The maximum absolute atomic E-state index is 6.29. The van der Waals surface area contributed by atoms with Crippen molar-refractivity contribution in [3.05, 3.63) is 58.3 Å². The summed E-state index contributed by atoms with van der Waals surface area (Å²) in [4.78, 5) is 4.66. The first-order valence-corrected chi connectivity index (χ1v) is 7.57. The second kappa shape index (κ2) is 5.96. The van der Waals surface area contributed by atoms with Gasteiger partial charge in [-0.25, -0.2) is 4.98 Å². The average Bonchev–Trinajstić information content (AvgIpc) is 2.84. The Hall–Kier alpha value is -1.71. The van der Waals surface area contributed by atoms with E-state index in [-0.39, 0.29) is 0 Å². The highest BCUT2D eigenvalue weighted by atomic mass is 35.5. The normalized spacial score (nSPS) is 11.0. The van der Waals surface area contributed by atoms with Crippen LogP contribution < -0.4 is 5.32 Å². The van der Waals surface area contributed by atoms with Crippen LogP contribution in [0.1, 0.15) is 12.7 Å². The molecule has 0 aliphatic heterocycles. The summed E-state index contributed by atoms with van der Waals surface area (Å²) in [5, 5.41) is 4.79. The molecule has 0 fully saturated rings. The van der Waals surface area contributed by atoms with E-state index in [1.807, 2.05) is 42.5 Å². The van der Waals surface area contributed by atoms with Gasteiger partial charge in [-0.2, -0.15) is 0 Å². The van der Waals surface area contributed by atoms with Gasteiger partial charge in [0.2, 0.25) is 0 Å². The lowest BCUT2D eigenvalue weighted by Gasteiger charge is -2.09. The highest BCUT2D eigenvalue weighted by molar-refractivity contribution is 6.35. The molecule has 0 saturated heterocycles. The number of anilines is 1. The van der Waals surface area contributed by atoms with Gasteiger partial charge in [-0.05, 0) is 37.3 Å². The first-order valence-electron chi connectivity index (χ1n) is 6.82. The molecule has 0 aliphatic carbocycles. The predicted octanol–water partition coefficient (Wildman–Crippen LogP) is 4.98. The highest BCUT2D eigenvalue weighted by Gasteiger charge is 2.11. The van der Waals surface area contributed by atoms with Gasteiger partial charge in [-0.1, -0.05) is 35.3 Å². The molecule has 3 rings (SSSR count). The zero-order valence-corrected chi connectivity index (χ0v) is 13.1. The number of hydrogen-bond donors (Lipinski definition) is 1. The van der Waals surface area contributed by atoms with Crippen molar-refractivity contribution in [3.8, 4) is 0 Å². The van der Waals surface area contributed by atoms with Crippen LogP contribution in [-0.2, 0) is 13.1 Å². The number of para-hydroxylation sites is 1. The third kappa shape index (κ3) is 2.85. The minimum Gasteiger partial charge on any atom is -0.378 e. The number of nitrogens with one attached hydrogen (secondary N) is 1. The molecule has 2 aromatic carbocycles. The molecule has 0 unspecified atom stereocenters. The molecule has 3 aromatic rings. The van der Waals surface area contributed by atoms with E-state index >= 15 is 0 Å². The van der Waals surface area contributed by atoms with Gasteiger partial charge in [0.05, 0.1) is 22.6 Å². The van der Waals surface area contributed by atoms with E-state index in [0.29, 0.717) is 11.6 Å². The number of halogens is 2. The predicted molar refractivity (Wildman–Crippen MR) is 89.2 cm³/mol. The third-order valence-corrected chi connectivity index (χ3v) is 3.93. The van der Waals surface area contributed by atoms with Gasteiger partial charge in [-0.15, -0.1) is 0 Å². The average molecular weight is 320 g/mol. The van der Waals surface area contributed by atoms with Gasteiger partial charge in [-0.3, -0.25) is 0 Å². The van der Waals surface area contributed by atoms with E-state index in [2.05, 4.69) is 21.8 Å². The number of imidazole rings is 1. The van der Waals surface area contributed by atoms with Crippen LogP contribution in [0.3, 0.4) is 0 Å². The Morgan fingerprint density at radius 1 is 1.14 bits per heavy atom. The standard InChI is InChI=1S/C16H15Cl2N3/c1-2-21-15(10-19-12-6-3-5-11(17)9-12)20-14-8-4-7-13(18)16(14)21/h3-9,19H,2,10H2,1H3. The topological polar surface area (TPSA) is 29.9 Å². The Kier molecular flexibility index (Phi) is 4.04. The van der Waals surface area contributed by atoms with Crippen LogP contribution in [0.4, 0.5) is 5.69 Å². The Morgan fingerprint density at radius 2 is 1.95 bits per heavy atom. The quantitative estimate of drug-likeness (QED) is 0.735. The van der Waals surface area contributed by atoms with Crippen LogP contribution in [0.5, 0.6) is 0 Å². The van der Waals surface area contributed by atoms with Crippen molar-refractivity contribution < 1.29 is 0 Å². The van der Waals surface area contributed by atoms with E-state index in [1.54, 1.807) is 0 Å². The number of aryl methyl sites for hydroxylation is 1. The maximum Gasteiger partial charge on any atom is 0.129 e. The first kappa shape index (κ1) is 14.2. The van der Waals surface area contributed by atoms with Crippen molar-refractivity contribution in [1.82, 2.24) is 9.55 Å². The summed E-state index contributed by atoms with van der Waals surface area (Å²) in [6, 6.07) is 13.5. The lowest BCUT2D eigenvalue weighted by molar-refractivity contribution is 0.729. The van der Waals surface area contributed by atoms with Crippen LogP contribution in [0.25, 0.3) is 11.0 Å². The summed E-state index contributed by atoms with van der Waals surface area (Å²) in [5.74, 6) is 0.959. The van der Waals surface area contributed by atoms with Crippen LogP contribution >= 0.6 is 23.2 Å². The van der Waals surface area contributed by atoms with Crippen molar-refractivity contribution in [2.24, 2.45) is 0 Å². The lowest BCUT2D eigenvalue weighted by atomic mass is 10.3. The van der Waals surface area contributed by atoms with Crippen LogP contribution in [0, 0.1) is 0 Å². The fraction of sp³-hybridized carbons (Fsp3) is 0.188. The van der Waals surface area contributed by atoms with Crippen molar-refractivity contribution >= 4 is 39.9 Å². The molecule has 1 N–H and O–H groups in total. The maximum atomic E-state index is 6.29. The highest BCUT2D eigenvalue weighted by Crippen LogP contribution is 2.25. The molecule has 0 spiro atoms. The summed E-state index contributed by atoms with van der Waals surface area (Å²) in [7, 11) is 0. The van der Waals surface area contributed by atoms with Gasteiger partial charge in [0.1, 0.15) is 5.82 Å². The minimum atomic E-state index is 0.624. The van der Waals surface area contributed by atoms with E-state index < -0.39 is 0 Å². The Bertz CT molecular complexity index is 780. The molecule has 0 saturated carbocycles. The van der Waals surface area contributed by atoms with Crippen LogP contribution in [-0.4, -0.2) is 9.55 Å². The molecule has 0 bridgehead atoms. The molecule has 1 aromatic heterocycles. The Morgan fingerprint density at radius 3 is 2.71 bits per heavy atom. The zero-order chi connectivity index (χ0) is 14.8. The van der Waals surface area contributed by atoms with E-state index in [1.165, 1.54) is 0 Å². The summed E-state index contributed by atoms with van der Waals surface area (Å²) in [6.45, 7) is 3.54. The third-order valence-electron chi connectivity index (χ3n) is 3.39. The molecule has 0 atom stereocenters. The van der Waals surface area contributed by atoms with Crippen LogP contribution in [0.2, 0.25) is 10.0 Å². The van der Waals surface area contributed by atoms with Crippen molar-refractivity contribution in [2.75, 3.05) is 5.32 Å². The van der Waals surface area contributed by atoms with Gasteiger partial charge in [0, 0.05) is 17.3 Å². The molecule has 3 nitrogen and oxygen atoms in total. The smallest absolute Gasteiger partial charge is 0.129 e. The molecule has 1 heterocycles. The number of nitrogens with zero attached hydrogens (tertiary/aromatic N) is 2. The molecule has 21 heavy (non-hydrogen) atoms. The monoisotopic (exact) mass is 319 g/mol. The van der Waals surface area contributed by atoms with Crippen LogP contribution in [0.15, 0.2) is 42.5 Å². The van der Waals surface area contributed by atoms with E-state index in [0.717, 1.165) is 34.1 Å². The molecule has 108 valence electrons. The minimum absolute atomic E-state index is 0.624. The number of fused-ring (bicyclic) bond motifs is 1. The Labute approximate surface area is 133 Å². The summed E-state index contributed by atoms with van der Waals surface area (Å²) < 4.78 is 2.13. The summed E-state index contributed by atoms with van der Waals surface area (Å²) in [5.41, 5.74) is 2.89. The largest absolute Gasteiger partial charge is 0.378 e. The van der Waals surface area contributed by atoms with Crippen molar-refractivity contribution in [2.45, 2.75) is 20.0 Å². The van der Waals surface area contributed by atoms with Gasteiger partial charge in [0.25, 0.3) is 0 Å². The van der Waals surface area contributed by atoms with E-state index in [4.69, 9.17) is 23.2 Å². The molecule has 5 heteroatoms. The second-order valence-electron chi connectivity index (χ2n) is 4.74. The van der Waals surface area contributed by atoms with Gasteiger partial charge in [0.15, 0.2) is 0 Å². The molecule has 0 amide bonds. The lowest BCUT2D eigenvalue weighted by Crippen LogP contribution is -2.08. The second-order valence-corrected chi connectivity index (χ2v) is 5.59. The zero-order valence-electron chi connectivity index (χ0n) is 11.6. The number of aromatic nitrogens is 2. The van der Waals surface area contributed by atoms with E-state index in [9.17, 15) is 0 Å². The fourth-order valence-electron chi connectivity index (χ4n) is 2.44. The number of rotatable bonds is 4. The number of hydrogen-bond acceptors (Lipinski definition) is 2. The summed E-state index contributed by atoms with van der Waals surface area (Å²) in [6.07, 6.45) is 0. The molecule has 0 aliphatic rings. The van der Waals surface area contributed by atoms with Gasteiger partial charge < -0.3 is 9.88 Å². The SMILES string of the molecule is CCn1c(CNc2cccc(Cl)c2)nc2cccc(Cl)c21. The molecule has 0 radical (unpaired) electrons. The van der Waals surface area contributed by atoms with Crippen molar-refractivity contribution in [1.29, 1.82) is 0 Å². The molecular formula is C16H15Cl2N3. The molecular weight excluding hydrogens is 305 g/mol. The van der Waals surface area contributed by atoms with Crippen molar-refractivity contribution in [3.63, 3.8) is 0 Å².